The van der Waals surface area contributed by atoms with Gasteiger partial charge in [0.05, 0.1) is 11.7 Å². The highest BCUT2D eigenvalue weighted by atomic mass is 32.1. The van der Waals surface area contributed by atoms with Gasteiger partial charge in [0.1, 0.15) is 23.4 Å². The van der Waals surface area contributed by atoms with Crippen molar-refractivity contribution in [2.24, 2.45) is 0 Å². The number of benzene rings is 2. The van der Waals surface area contributed by atoms with Gasteiger partial charge >= 0.3 is 0 Å². The molecule has 0 aliphatic carbocycles. The van der Waals surface area contributed by atoms with Crippen molar-refractivity contribution >= 4 is 23.0 Å². The Morgan fingerprint density at radius 3 is 2.64 bits per heavy atom. The Kier molecular flexibility index (Phi) is 4.73. The van der Waals surface area contributed by atoms with E-state index in [1.165, 1.54) is 12.1 Å². The lowest BCUT2D eigenvalue weighted by molar-refractivity contribution is 0.174. The van der Waals surface area contributed by atoms with E-state index in [-0.39, 0.29) is 24.7 Å². The summed E-state index contributed by atoms with van der Waals surface area (Å²) in [6, 6.07) is 21.0. The zero-order valence-electron chi connectivity index (χ0n) is 17.3. The SMILES string of the molecule is Fc1ccc(-c2ccc([C@H]3[C@@H](c4ccccn4)NC(=S)N3c3ccc4c(c3)OCO4)o2)cc1. The summed E-state index contributed by atoms with van der Waals surface area (Å²) in [6.07, 6.45) is 1.76. The molecular formula is C25H18FN3O3S. The predicted octanol–water partition coefficient (Wildman–Crippen LogP) is 5.39. The molecule has 4 heterocycles. The van der Waals surface area contributed by atoms with Gasteiger partial charge in [-0.05, 0) is 72.9 Å². The summed E-state index contributed by atoms with van der Waals surface area (Å²) in [5.41, 5.74) is 2.48. The molecule has 0 radical (unpaired) electrons. The van der Waals surface area contributed by atoms with Gasteiger partial charge in [-0.1, -0.05) is 6.07 Å². The van der Waals surface area contributed by atoms with E-state index in [0.29, 0.717) is 28.1 Å². The minimum atomic E-state index is -0.304. The van der Waals surface area contributed by atoms with Crippen LogP contribution in [0.15, 0.2) is 83.4 Å². The fourth-order valence-electron chi connectivity index (χ4n) is 4.24. The van der Waals surface area contributed by atoms with E-state index in [1.807, 2.05) is 53.4 Å². The monoisotopic (exact) mass is 459 g/mol. The van der Waals surface area contributed by atoms with Crippen LogP contribution in [0.5, 0.6) is 11.5 Å². The van der Waals surface area contributed by atoms with Gasteiger partial charge in [0.15, 0.2) is 16.6 Å². The summed E-state index contributed by atoms with van der Waals surface area (Å²) in [5.74, 6) is 2.43. The Balaban J connectivity index is 1.44. The van der Waals surface area contributed by atoms with Crippen LogP contribution in [0.2, 0.25) is 0 Å². The van der Waals surface area contributed by atoms with Crippen molar-refractivity contribution in [1.29, 1.82) is 0 Å². The van der Waals surface area contributed by atoms with Gasteiger partial charge in [-0.3, -0.25) is 4.98 Å². The lowest BCUT2D eigenvalue weighted by Gasteiger charge is -2.26. The fraction of sp³-hybridized carbons (Fsp3) is 0.120. The average Bonchev–Trinajstić information content (AvgIpc) is 3.58. The molecule has 0 saturated carbocycles. The van der Waals surface area contributed by atoms with Crippen LogP contribution < -0.4 is 19.7 Å². The van der Waals surface area contributed by atoms with E-state index in [0.717, 1.165) is 16.9 Å². The van der Waals surface area contributed by atoms with Crippen LogP contribution in [0.3, 0.4) is 0 Å². The van der Waals surface area contributed by atoms with E-state index in [9.17, 15) is 4.39 Å². The standard InChI is InChI=1S/C25H18FN3O3S/c26-16-6-4-15(5-7-16)19-10-11-21(32-19)24-23(18-3-1-2-12-27-18)28-25(33)29(24)17-8-9-20-22(13-17)31-14-30-20/h1-13,23-24H,14H2,(H,28,33)/t23-,24+/m1/s1. The van der Waals surface area contributed by atoms with Crippen molar-refractivity contribution in [2.75, 3.05) is 11.7 Å². The molecular weight excluding hydrogens is 441 g/mol. The smallest absolute Gasteiger partial charge is 0.231 e. The predicted molar refractivity (Wildman–Crippen MR) is 125 cm³/mol. The molecule has 6 nitrogen and oxygen atoms in total. The van der Waals surface area contributed by atoms with Crippen LogP contribution in [0.25, 0.3) is 11.3 Å². The highest BCUT2D eigenvalue weighted by molar-refractivity contribution is 7.80. The second-order valence-corrected chi connectivity index (χ2v) is 8.13. The third-order valence-corrected chi connectivity index (χ3v) is 6.09. The van der Waals surface area contributed by atoms with Crippen LogP contribution in [-0.4, -0.2) is 16.9 Å². The number of hydrogen-bond donors (Lipinski definition) is 1. The second kappa shape index (κ2) is 7.90. The van der Waals surface area contributed by atoms with Gasteiger partial charge in [0.2, 0.25) is 6.79 Å². The Bertz CT molecular complexity index is 1330. The molecule has 8 heteroatoms. The van der Waals surface area contributed by atoms with E-state index >= 15 is 0 Å². The molecule has 1 saturated heterocycles. The molecule has 6 rings (SSSR count). The fourth-order valence-corrected chi connectivity index (χ4v) is 4.58. The summed E-state index contributed by atoms with van der Waals surface area (Å²) in [7, 11) is 0. The summed E-state index contributed by atoms with van der Waals surface area (Å²) < 4.78 is 30.7. The van der Waals surface area contributed by atoms with Crippen LogP contribution in [0.4, 0.5) is 10.1 Å². The van der Waals surface area contributed by atoms with Crippen LogP contribution in [0.1, 0.15) is 23.5 Å². The van der Waals surface area contributed by atoms with Gasteiger partial charge in [0, 0.05) is 23.5 Å². The lowest BCUT2D eigenvalue weighted by Crippen LogP contribution is -2.29. The van der Waals surface area contributed by atoms with Crippen molar-refractivity contribution in [1.82, 2.24) is 10.3 Å². The molecule has 33 heavy (non-hydrogen) atoms. The van der Waals surface area contributed by atoms with Gasteiger partial charge in [-0.25, -0.2) is 4.39 Å². The molecule has 1 fully saturated rings. The first-order valence-electron chi connectivity index (χ1n) is 10.4. The highest BCUT2D eigenvalue weighted by Crippen LogP contribution is 2.45. The number of thiocarbonyl (C=S) groups is 1. The Morgan fingerprint density at radius 2 is 1.82 bits per heavy atom. The molecule has 0 unspecified atom stereocenters. The third-order valence-electron chi connectivity index (χ3n) is 5.78. The molecule has 2 aliphatic heterocycles. The van der Waals surface area contributed by atoms with Crippen molar-refractivity contribution in [3.05, 3.63) is 96.3 Å². The van der Waals surface area contributed by atoms with Gasteiger partial charge < -0.3 is 24.1 Å². The molecule has 0 amide bonds. The number of halogens is 1. The average molecular weight is 460 g/mol. The first-order chi connectivity index (χ1) is 16.2. The molecule has 2 aliphatic rings. The van der Waals surface area contributed by atoms with Crippen molar-refractivity contribution in [3.8, 4) is 22.8 Å². The van der Waals surface area contributed by atoms with E-state index < -0.39 is 0 Å². The molecule has 2 aromatic carbocycles. The topological polar surface area (TPSA) is 59.8 Å². The number of anilines is 1. The number of aromatic nitrogens is 1. The van der Waals surface area contributed by atoms with Crippen molar-refractivity contribution in [2.45, 2.75) is 12.1 Å². The van der Waals surface area contributed by atoms with E-state index in [2.05, 4.69) is 10.3 Å². The van der Waals surface area contributed by atoms with E-state index in [4.69, 9.17) is 26.1 Å². The van der Waals surface area contributed by atoms with Crippen LogP contribution in [-0.2, 0) is 0 Å². The number of rotatable bonds is 4. The van der Waals surface area contributed by atoms with Crippen molar-refractivity contribution in [3.63, 3.8) is 0 Å². The maximum atomic E-state index is 13.4. The zero-order valence-corrected chi connectivity index (χ0v) is 18.1. The van der Waals surface area contributed by atoms with Crippen LogP contribution in [0, 0.1) is 5.82 Å². The molecule has 2 atom stereocenters. The quantitative estimate of drug-likeness (QED) is 0.411. The largest absolute Gasteiger partial charge is 0.459 e. The van der Waals surface area contributed by atoms with Gasteiger partial charge in [-0.15, -0.1) is 0 Å². The first kappa shape index (κ1) is 19.8. The minimum Gasteiger partial charge on any atom is -0.459 e. The second-order valence-electron chi connectivity index (χ2n) is 7.74. The Morgan fingerprint density at radius 1 is 0.970 bits per heavy atom. The Hall–Kier alpha value is -3.91. The van der Waals surface area contributed by atoms with Crippen LogP contribution >= 0.6 is 12.2 Å². The van der Waals surface area contributed by atoms with Gasteiger partial charge in [0.25, 0.3) is 0 Å². The maximum absolute atomic E-state index is 13.4. The molecule has 2 aromatic heterocycles. The number of fused-ring (bicyclic) bond motifs is 1. The number of furan rings is 1. The minimum absolute atomic E-state index is 0.195. The molecule has 164 valence electrons. The normalized spacial score (nSPS) is 19.1. The summed E-state index contributed by atoms with van der Waals surface area (Å²) >= 11 is 5.75. The zero-order chi connectivity index (χ0) is 22.4. The molecule has 1 N–H and O–H groups in total. The number of nitrogens with one attached hydrogen (secondary N) is 1. The summed E-state index contributed by atoms with van der Waals surface area (Å²) in [6.45, 7) is 0.195. The number of pyridine rings is 1. The number of ether oxygens (including phenoxy) is 2. The molecule has 0 bridgehead atoms. The summed E-state index contributed by atoms with van der Waals surface area (Å²) in [4.78, 5) is 6.56. The third kappa shape index (κ3) is 3.48. The maximum Gasteiger partial charge on any atom is 0.231 e. The molecule has 0 spiro atoms. The first-order valence-corrected chi connectivity index (χ1v) is 10.8. The van der Waals surface area contributed by atoms with Crippen molar-refractivity contribution < 1.29 is 18.3 Å². The van der Waals surface area contributed by atoms with Gasteiger partial charge in [-0.2, -0.15) is 0 Å². The molecule has 4 aromatic rings. The summed E-state index contributed by atoms with van der Waals surface area (Å²) in [5, 5.41) is 3.95. The lowest BCUT2D eigenvalue weighted by atomic mass is 10.0. The Labute approximate surface area is 194 Å². The van der Waals surface area contributed by atoms with E-state index in [1.54, 1.807) is 18.3 Å². The highest BCUT2D eigenvalue weighted by Gasteiger charge is 2.43. The number of hydrogen-bond acceptors (Lipinski definition) is 5. The number of nitrogens with zero attached hydrogens (tertiary/aromatic N) is 2.